The fraction of sp³-hybridized carbons (Fsp3) is 0.600. The first-order valence-corrected chi connectivity index (χ1v) is 6.99. The fourth-order valence-corrected chi connectivity index (χ4v) is 2.37. The minimum absolute atomic E-state index is 0.0868. The number of rotatable bonds is 5. The maximum Gasteiger partial charge on any atom is 0.253 e. The van der Waals surface area contributed by atoms with Crippen molar-refractivity contribution in [3.63, 3.8) is 0 Å². The summed E-state index contributed by atoms with van der Waals surface area (Å²) in [4.78, 5) is 18.6. The van der Waals surface area contributed by atoms with E-state index in [1.54, 1.807) is 0 Å². The SMILES string of the molecule is CCNc1cc(C(=O)N(C)CC2CC2C)cc(C)n1. The molecule has 0 aliphatic heterocycles. The van der Waals surface area contributed by atoms with Gasteiger partial charge < -0.3 is 10.2 Å². The number of aryl methyl sites for hydroxylation is 1. The molecule has 4 nitrogen and oxygen atoms in total. The molecule has 2 unspecified atom stereocenters. The van der Waals surface area contributed by atoms with Crippen LogP contribution < -0.4 is 5.32 Å². The van der Waals surface area contributed by atoms with Crippen LogP contribution in [-0.2, 0) is 0 Å². The van der Waals surface area contributed by atoms with Crippen molar-refractivity contribution in [1.29, 1.82) is 0 Å². The number of aromatic nitrogens is 1. The van der Waals surface area contributed by atoms with E-state index in [0.29, 0.717) is 5.92 Å². The fourth-order valence-electron chi connectivity index (χ4n) is 2.37. The van der Waals surface area contributed by atoms with Crippen LogP contribution in [0.3, 0.4) is 0 Å². The second-order valence-corrected chi connectivity index (χ2v) is 5.57. The molecule has 0 bridgehead atoms. The Bertz CT molecular complexity index is 472. The maximum absolute atomic E-state index is 12.4. The molecule has 19 heavy (non-hydrogen) atoms. The van der Waals surface area contributed by atoms with Gasteiger partial charge in [-0.15, -0.1) is 0 Å². The van der Waals surface area contributed by atoms with Crippen LogP contribution in [-0.4, -0.2) is 35.9 Å². The lowest BCUT2D eigenvalue weighted by atomic mass is 10.2. The largest absolute Gasteiger partial charge is 0.370 e. The minimum atomic E-state index is 0.0868. The van der Waals surface area contributed by atoms with Crippen molar-refractivity contribution in [2.75, 3.05) is 25.5 Å². The molecule has 1 aliphatic rings. The number of nitrogens with one attached hydrogen (secondary N) is 1. The second kappa shape index (κ2) is 5.59. The van der Waals surface area contributed by atoms with Crippen molar-refractivity contribution in [2.45, 2.75) is 27.2 Å². The Morgan fingerprint density at radius 2 is 2.21 bits per heavy atom. The Morgan fingerprint density at radius 3 is 2.79 bits per heavy atom. The molecule has 4 heteroatoms. The highest BCUT2D eigenvalue weighted by atomic mass is 16.2. The third-order valence-electron chi connectivity index (χ3n) is 3.69. The van der Waals surface area contributed by atoms with Crippen LogP contribution in [0.4, 0.5) is 5.82 Å². The summed E-state index contributed by atoms with van der Waals surface area (Å²) in [6.07, 6.45) is 1.25. The van der Waals surface area contributed by atoms with Gasteiger partial charge in [0.05, 0.1) is 0 Å². The normalized spacial score (nSPS) is 21.1. The zero-order chi connectivity index (χ0) is 14.0. The molecular formula is C15H23N3O. The van der Waals surface area contributed by atoms with Gasteiger partial charge in [0.25, 0.3) is 5.91 Å². The summed E-state index contributed by atoms with van der Waals surface area (Å²) in [6, 6.07) is 3.70. The van der Waals surface area contributed by atoms with E-state index >= 15 is 0 Å². The predicted molar refractivity (Wildman–Crippen MR) is 77.4 cm³/mol. The average molecular weight is 261 g/mol. The van der Waals surface area contributed by atoms with Crippen LogP contribution in [0.15, 0.2) is 12.1 Å². The number of amides is 1. The highest BCUT2D eigenvalue weighted by molar-refractivity contribution is 5.94. The quantitative estimate of drug-likeness (QED) is 0.886. The van der Waals surface area contributed by atoms with Gasteiger partial charge in [-0.3, -0.25) is 4.79 Å². The molecule has 1 N–H and O–H groups in total. The Morgan fingerprint density at radius 1 is 1.53 bits per heavy atom. The van der Waals surface area contributed by atoms with E-state index in [9.17, 15) is 4.79 Å². The summed E-state index contributed by atoms with van der Waals surface area (Å²) < 4.78 is 0. The first-order valence-electron chi connectivity index (χ1n) is 6.99. The van der Waals surface area contributed by atoms with Gasteiger partial charge in [0.15, 0.2) is 0 Å². The molecule has 1 saturated carbocycles. The number of anilines is 1. The van der Waals surface area contributed by atoms with E-state index in [4.69, 9.17) is 0 Å². The molecule has 1 aliphatic carbocycles. The highest BCUT2D eigenvalue weighted by Gasteiger charge is 2.34. The van der Waals surface area contributed by atoms with E-state index in [0.717, 1.165) is 36.1 Å². The monoisotopic (exact) mass is 261 g/mol. The van der Waals surface area contributed by atoms with Gasteiger partial charge in [-0.2, -0.15) is 0 Å². The van der Waals surface area contributed by atoms with Crippen molar-refractivity contribution in [2.24, 2.45) is 11.8 Å². The summed E-state index contributed by atoms with van der Waals surface area (Å²) in [6.45, 7) is 7.84. The minimum Gasteiger partial charge on any atom is -0.370 e. The summed E-state index contributed by atoms with van der Waals surface area (Å²) in [7, 11) is 1.88. The number of carbonyl (C=O) groups excluding carboxylic acids is 1. The molecule has 1 amide bonds. The van der Waals surface area contributed by atoms with Gasteiger partial charge in [0.1, 0.15) is 5.82 Å². The zero-order valence-electron chi connectivity index (χ0n) is 12.2. The number of nitrogens with zero attached hydrogens (tertiary/aromatic N) is 2. The van der Waals surface area contributed by atoms with Crippen molar-refractivity contribution < 1.29 is 4.79 Å². The predicted octanol–water partition coefficient (Wildman–Crippen LogP) is 2.55. The topological polar surface area (TPSA) is 45.2 Å². The van der Waals surface area contributed by atoms with Crippen LogP contribution in [0.1, 0.15) is 36.3 Å². The van der Waals surface area contributed by atoms with Crippen LogP contribution in [0, 0.1) is 18.8 Å². The molecule has 0 aromatic carbocycles. The molecule has 1 heterocycles. The second-order valence-electron chi connectivity index (χ2n) is 5.57. The van der Waals surface area contributed by atoms with E-state index in [-0.39, 0.29) is 5.91 Å². The van der Waals surface area contributed by atoms with Crippen LogP contribution in [0.25, 0.3) is 0 Å². The first-order chi connectivity index (χ1) is 9.01. The Balaban J connectivity index is 2.08. The maximum atomic E-state index is 12.4. The third-order valence-corrected chi connectivity index (χ3v) is 3.69. The lowest BCUT2D eigenvalue weighted by molar-refractivity contribution is 0.0787. The molecule has 0 radical (unpaired) electrons. The van der Waals surface area contributed by atoms with E-state index in [2.05, 4.69) is 17.2 Å². The molecule has 0 spiro atoms. The number of hydrogen-bond acceptors (Lipinski definition) is 3. The zero-order valence-corrected chi connectivity index (χ0v) is 12.2. The molecule has 0 saturated heterocycles. The Hall–Kier alpha value is -1.58. The smallest absolute Gasteiger partial charge is 0.253 e. The van der Waals surface area contributed by atoms with Gasteiger partial charge in [-0.1, -0.05) is 6.92 Å². The summed E-state index contributed by atoms with van der Waals surface area (Å²) in [5, 5.41) is 3.16. The lowest BCUT2D eigenvalue weighted by Crippen LogP contribution is -2.29. The standard InChI is InChI=1S/C15H23N3O/c1-5-16-14-8-12(7-11(3)17-14)15(19)18(4)9-13-6-10(13)2/h7-8,10,13H,5-6,9H2,1-4H3,(H,16,17). The van der Waals surface area contributed by atoms with Crippen LogP contribution >= 0.6 is 0 Å². The Kier molecular flexibility index (Phi) is 4.08. The molecule has 1 fully saturated rings. The van der Waals surface area contributed by atoms with Crippen LogP contribution in [0.5, 0.6) is 0 Å². The van der Waals surface area contributed by atoms with Gasteiger partial charge in [-0.05, 0) is 44.2 Å². The van der Waals surface area contributed by atoms with E-state index in [1.807, 2.05) is 37.9 Å². The van der Waals surface area contributed by atoms with Crippen molar-refractivity contribution >= 4 is 11.7 Å². The number of hydrogen-bond donors (Lipinski definition) is 1. The summed E-state index contributed by atoms with van der Waals surface area (Å²) in [5.41, 5.74) is 1.59. The van der Waals surface area contributed by atoms with Gasteiger partial charge >= 0.3 is 0 Å². The van der Waals surface area contributed by atoms with Crippen molar-refractivity contribution in [3.8, 4) is 0 Å². The average Bonchev–Trinajstić information content (AvgIpc) is 3.03. The summed E-state index contributed by atoms with van der Waals surface area (Å²) in [5.74, 6) is 2.32. The molecule has 2 atom stereocenters. The number of pyridine rings is 1. The van der Waals surface area contributed by atoms with E-state index < -0.39 is 0 Å². The molecule has 104 valence electrons. The van der Waals surface area contributed by atoms with Gasteiger partial charge in [0, 0.05) is 31.4 Å². The first kappa shape index (κ1) is 13.8. The highest BCUT2D eigenvalue weighted by Crippen LogP contribution is 2.38. The molecular weight excluding hydrogens is 238 g/mol. The molecule has 2 rings (SSSR count). The van der Waals surface area contributed by atoms with Gasteiger partial charge in [-0.25, -0.2) is 4.98 Å². The molecule has 1 aromatic heterocycles. The van der Waals surface area contributed by atoms with E-state index in [1.165, 1.54) is 6.42 Å². The van der Waals surface area contributed by atoms with Crippen LogP contribution in [0.2, 0.25) is 0 Å². The lowest BCUT2D eigenvalue weighted by Gasteiger charge is -2.18. The third kappa shape index (κ3) is 3.46. The Labute approximate surface area is 115 Å². The van der Waals surface area contributed by atoms with Gasteiger partial charge in [0.2, 0.25) is 0 Å². The van der Waals surface area contributed by atoms with Crippen molar-refractivity contribution in [3.05, 3.63) is 23.4 Å². The molecule has 1 aromatic rings. The summed E-state index contributed by atoms with van der Waals surface area (Å²) >= 11 is 0. The number of carbonyl (C=O) groups is 1. The van der Waals surface area contributed by atoms with Crippen molar-refractivity contribution in [1.82, 2.24) is 9.88 Å².